The molecule has 2 rings (SSSR count). The summed E-state index contributed by atoms with van der Waals surface area (Å²) in [6, 6.07) is 1.10. The molecule has 0 aliphatic heterocycles. The molecule has 1 saturated carbocycles. The molecular formula is C13H19NO4S2. The summed E-state index contributed by atoms with van der Waals surface area (Å²) >= 11 is 0.942. The molecule has 0 amide bonds. The van der Waals surface area contributed by atoms with E-state index in [2.05, 4.69) is 4.72 Å². The van der Waals surface area contributed by atoms with Gasteiger partial charge in [-0.05, 0) is 31.7 Å². The summed E-state index contributed by atoms with van der Waals surface area (Å²) in [5.41, 5.74) is 0.0145. The third-order valence-corrected chi connectivity index (χ3v) is 6.78. The summed E-state index contributed by atoms with van der Waals surface area (Å²) in [7, 11) is -3.62. The van der Waals surface area contributed by atoms with Gasteiger partial charge < -0.3 is 5.11 Å². The fraction of sp³-hybridized carbons (Fsp3) is 0.615. The Hall–Kier alpha value is -0.920. The minimum absolute atomic E-state index is 0.0145. The van der Waals surface area contributed by atoms with E-state index in [9.17, 15) is 13.2 Å². The van der Waals surface area contributed by atoms with Gasteiger partial charge in [0.1, 0.15) is 4.21 Å². The second kappa shape index (κ2) is 6.24. The molecule has 0 aromatic carbocycles. The zero-order valence-corrected chi connectivity index (χ0v) is 13.0. The largest absolute Gasteiger partial charge is 0.478 e. The van der Waals surface area contributed by atoms with Crippen molar-refractivity contribution in [2.24, 2.45) is 5.92 Å². The van der Waals surface area contributed by atoms with Crippen molar-refractivity contribution < 1.29 is 18.3 Å². The van der Waals surface area contributed by atoms with E-state index < -0.39 is 16.0 Å². The number of carboxylic acids is 1. The summed E-state index contributed by atoms with van der Waals surface area (Å²) in [5, 5.41) is 10.2. The van der Waals surface area contributed by atoms with E-state index in [-0.39, 0.29) is 15.8 Å². The van der Waals surface area contributed by atoms with Crippen LogP contribution in [-0.4, -0.2) is 25.5 Å². The van der Waals surface area contributed by atoms with Crippen LogP contribution < -0.4 is 4.72 Å². The van der Waals surface area contributed by atoms with E-state index in [0.717, 1.165) is 37.0 Å². The number of rotatable bonds is 5. The van der Waals surface area contributed by atoms with Crippen LogP contribution in [0.2, 0.25) is 0 Å². The van der Waals surface area contributed by atoms with Crippen molar-refractivity contribution in [1.29, 1.82) is 0 Å². The highest BCUT2D eigenvalue weighted by Crippen LogP contribution is 2.28. The molecule has 1 heterocycles. The van der Waals surface area contributed by atoms with Gasteiger partial charge in [-0.1, -0.05) is 19.3 Å². The van der Waals surface area contributed by atoms with Crippen LogP contribution in [0.3, 0.4) is 0 Å². The first kappa shape index (κ1) is 15.5. The Morgan fingerprint density at radius 3 is 2.60 bits per heavy atom. The van der Waals surface area contributed by atoms with Crippen LogP contribution in [0.15, 0.2) is 15.7 Å². The SMILES string of the molecule is C[C@@H](NS(=O)(=O)c1cc(C(=O)O)cs1)C1CCCCC1. The van der Waals surface area contributed by atoms with Crippen molar-refractivity contribution in [3.05, 3.63) is 17.0 Å². The number of nitrogens with one attached hydrogen (secondary N) is 1. The first-order valence-corrected chi connectivity index (χ1v) is 9.10. The van der Waals surface area contributed by atoms with E-state index in [1.807, 2.05) is 6.92 Å². The standard InChI is InChI=1S/C13H19NO4S2/c1-9(10-5-3-2-4-6-10)14-20(17,18)12-7-11(8-19-12)13(15)16/h7-10,14H,2-6H2,1H3,(H,15,16)/t9-/m1/s1. The molecule has 0 spiro atoms. The van der Waals surface area contributed by atoms with E-state index in [1.165, 1.54) is 17.9 Å². The zero-order valence-electron chi connectivity index (χ0n) is 11.3. The number of carboxylic acid groups (broad SMARTS) is 1. The highest BCUT2D eigenvalue weighted by atomic mass is 32.2. The first-order chi connectivity index (χ1) is 9.40. The monoisotopic (exact) mass is 317 g/mol. The van der Waals surface area contributed by atoms with Gasteiger partial charge in [-0.2, -0.15) is 0 Å². The van der Waals surface area contributed by atoms with Crippen LogP contribution in [-0.2, 0) is 10.0 Å². The lowest BCUT2D eigenvalue weighted by Gasteiger charge is -2.27. The van der Waals surface area contributed by atoms with Crippen LogP contribution in [0.5, 0.6) is 0 Å². The first-order valence-electron chi connectivity index (χ1n) is 6.74. The third-order valence-electron chi connectivity index (χ3n) is 3.79. The maximum absolute atomic E-state index is 12.2. The molecule has 20 heavy (non-hydrogen) atoms. The molecular weight excluding hydrogens is 298 g/mol. The minimum Gasteiger partial charge on any atom is -0.478 e. The minimum atomic E-state index is -3.62. The smallest absolute Gasteiger partial charge is 0.336 e. The molecule has 7 heteroatoms. The van der Waals surface area contributed by atoms with Crippen molar-refractivity contribution in [2.45, 2.75) is 49.3 Å². The van der Waals surface area contributed by atoms with E-state index >= 15 is 0 Å². The van der Waals surface area contributed by atoms with Crippen molar-refractivity contribution in [2.75, 3.05) is 0 Å². The van der Waals surface area contributed by atoms with Crippen molar-refractivity contribution in [3.63, 3.8) is 0 Å². The molecule has 0 bridgehead atoms. The molecule has 1 aromatic rings. The van der Waals surface area contributed by atoms with Gasteiger partial charge in [0.05, 0.1) is 5.56 Å². The summed E-state index contributed by atoms with van der Waals surface area (Å²) in [6.07, 6.45) is 5.63. The van der Waals surface area contributed by atoms with E-state index in [0.29, 0.717) is 5.92 Å². The second-order valence-corrected chi connectivity index (χ2v) is 8.12. The van der Waals surface area contributed by atoms with Crippen molar-refractivity contribution >= 4 is 27.3 Å². The van der Waals surface area contributed by atoms with Gasteiger partial charge >= 0.3 is 5.97 Å². The Labute approximate surface area is 123 Å². The Bertz CT molecular complexity index is 573. The third kappa shape index (κ3) is 3.59. The van der Waals surface area contributed by atoms with Gasteiger partial charge in [0.25, 0.3) is 0 Å². The topological polar surface area (TPSA) is 83.5 Å². The maximum Gasteiger partial charge on any atom is 0.336 e. The Morgan fingerprint density at radius 1 is 1.40 bits per heavy atom. The van der Waals surface area contributed by atoms with Crippen LogP contribution in [0.25, 0.3) is 0 Å². The molecule has 5 nitrogen and oxygen atoms in total. The predicted octanol–water partition coefficient (Wildman–Crippen LogP) is 2.69. The van der Waals surface area contributed by atoms with Gasteiger partial charge in [0.2, 0.25) is 10.0 Å². The summed E-state index contributed by atoms with van der Waals surface area (Å²) < 4.78 is 27.2. The molecule has 0 saturated heterocycles. The highest BCUT2D eigenvalue weighted by Gasteiger charge is 2.26. The fourth-order valence-electron chi connectivity index (χ4n) is 2.60. The van der Waals surface area contributed by atoms with Gasteiger partial charge in [-0.3, -0.25) is 0 Å². The van der Waals surface area contributed by atoms with Crippen LogP contribution in [0.1, 0.15) is 49.4 Å². The zero-order chi connectivity index (χ0) is 14.8. The van der Waals surface area contributed by atoms with Crippen molar-refractivity contribution in [3.8, 4) is 0 Å². The Balaban J connectivity index is 2.07. The predicted molar refractivity (Wildman–Crippen MR) is 77.6 cm³/mol. The van der Waals surface area contributed by atoms with E-state index in [1.54, 1.807) is 0 Å². The number of hydrogen-bond donors (Lipinski definition) is 2. The Kier molecular flexibility index (Phi) is 4.82. The molecule has 1 fully saturated rings. The van der Waals surface area contributed by atoms with Gasteiger partial charge in [-0.25, -0.2) is 17.9 Å². The number of aromatic carboxylic acids is 1. The van der Waals surface area contributed by atoms with Crippen LogP contribution in [0, 0.1) is 5.92 Å². The van der Waals surface area contributed by atoms with Crippen LogP contribution in [0.4, 0.5) is 0 Å². The Morgan fingerprint density at radius 2 is 2.05 bits per heavy atom. The lowest BCUT2D eigenvalue weighted by molar-refractivity contribution is 0.0697. The summed E-state index contributed by atoms with van der Waals surface area (Å²) in [5.74, 6) is -0.736. The summed E-state index contributed by atoms with van der Waals surface area (Å²) in [4.78, 5) is 10.8. The van der Waals surface area contributed by atoms with E-state index in [4.69, 9.17) is 5.11 Å². The normalized spacial score (nSPS) is 18.9. The van der Waals surface area contributed by atoms with Crippen LogP contribution >= 0.6 is 11.3 Å². The molecule has 0 radical (unpaired) electrons. The quantitative estimate of drug-likeness (QED) is 0.874. The molecule has 2 N–H and O–H groups in total. The highest BCUT2D eigenvalue weighted by molar-refractivity contribution is 7.91. The average Bonchev–Trinajstić information content (AvgIpc) is 2.90. The molecule has 1 atom stereocenters. The second-order valence-electron chi connectivity index (χ2n) is 5.27. The summed E-state index contributed by atoms with van der Waals surface area (Å²) in [6.45, 7) is 1.89. The lowest BCUT2D eigenvalue weighted by Crippen LogP contribution is -2.38. The molecule has 112 valence electrons. The number of hydrogen-bond acceptors (Lipinski definition) is 4. The number of sulfonamides is 1. The van der Waals surface area contributed by atoms with Crippen molar-refractivity contribution in [1.82, 2.24) is 4.72 Å². The van der Waals surface area contributed by atoms with Gasteiger partial charge in [-0.15, -0.1) is 11.3 Å². The average molecular weight is 317 g/mol. The molecule has 1 aliphatic carbocycles. The number of thiophene rings is 1. The number of carbonyl (C=O) groups is 1. The lowest BCUT2D eigenvalue weighted by atomic mass is 9.85. The molecule has 1 aliphatic rings. The molecule has 0 unspecified atom stereocenters. The fourth-order valence-corrected chi connectivity index (χ4v) is 5.09. The van der Waals surface area contributed by atoms with Gasteiger partial charge in [0, 0.05) is 11.4 Å². The van der Waals surface area contributed by atoms with Gasteiger partial charge in [0.15, 0.2) is 0 Å². The molecule has 1 aromatic heterocycles. The maximum atomic E-state index is 12.2.